The molecule has 3 aromatic rings. The summed E-state index contributed by atoms with van der Waals surface area (Å²) < 4.78 is 34.7. The lowest BCUT2D eigenvalue weighted by molar-refractivity contribution is 0.331. The van der Waals surface area contributed by atoms with Crippen LogP contribution in [0.2, 0.25) is 0 Å². The number of hydrogen-bond donors (Lipinski definition) is 1. The largest absolute Gasteiger partial charge is 0.492 e. The van der Waals surface area contributed by atoms with Crippen LogP contribution in [0.25, 0.3) is 10.6 Å². The molecule has 2 aromatic heterocycles. The van der Waals surface area contributed by atoms with Crippen molar-refractivity contribution in [2.24, 2.45) is 0 Å². The van der Waals surface area contributed by atoms with E-state index in [0.717, 1.165) is 10.6 Å². The molecule has 0 fully saturated rings. The predicted molar refractivity (Wildman–Crippen MR) is 98.3 cm³/mol. The number of benzene rings is 1. The summed E-state index contributed by atoms with van der Waals surface area (Å²) >= 11 is 1.62. The number of ether oxygens (including phenoxy) is 1. The Kier molecular flexibility index (Phi) is 5.52. The number of rotatable bonds is 8. The molecule has 8 heteroatoms. The maximum Gasteiger partial charge on any atom is 0.244 e. The Labute approximate surface area is 151 Å². The highest BCUT2D eigenvalue weighted by Gasteiger charge is 2.18. The number of nitrogens with one attached hydrogen (secondary N) is 1. The fourth-order valence-corrected chi connectivity index (χ4v) is 4.22. The second-order valence-corrected chi connectivity index (χ2v) is 7.90. The van der Waals surface area contributed by atoms with Crippen molar-refractivity contribution in [1.29, 1.82) is 0 Å². The van der Waals surface area contributed by atoms with Crippen LogP contribution in [-0.4, -0.2) is 31.3 Å². The molecular formula is C17H19N3O3S2. The Hall–Kier alpha value is -2.16. The molecule has 3 rings (SSSR count). The van der Waals surface area contributed by atoms with E-state index in [0.29, 0.717) is 18.9 Å². The number of sulfonamides is 1. The number of para-hydroxylation sites is 1. The minimum absolute atomic E-state index is 0.150. The molecule has 25 heavy (non-hydrogen) atoms. The molecule has 0 saturated carbocycles. The average molecular weight is 377 g/mol. The normalized spacial score (nSPS) is 11.6. The van der Waals surface area contributed by atoms with Crippen LogP contribution in [0.1, 0.15) is 6.92 Å². The molecule has 0 aliphatic heterocycles. The minimum atomic E-state index is -3.63. The Morgan fingerprint density at radius 2 is 2.04 bits per heavy atom. The molecule has 0 aliphatic rings. The molecule has 0 aliphatic carbocycles. The van der Waals surface area contributed by atoms with Gasteiger partial charge < -0.3 is 4.74 Å². The molecule has 0 saturated heterocycles. The van der Waals surface area contributed by atoms with Crippen molar-refractivity contribution in [1.82, 2.24) is 14.5 Å². The van der Waals surface area contributed by atoms with Gasteiger partial charge in [-0.05, 0) is 36.6 Å². The lowest BCUT2D eigenvalue weighted by Gasteiger charge is -2.11. The fourth-order valence-electron chi connectivity index (χ4n) is 2.36. The van der Waals surface area contributed by atoms with Crippen molar-refractivity contribution < 1.29 is 13.2 Å². The summed E-state index contributed by atoms with van der Waals surface area (Å²) in [7, 11) is -3.63. The van der Waals surface area contributed by atoms with Crippen molar-refractivity contribution in [2.45, 2.75) is 18.4 Å². The Morgan fingerprint density at radius 3 is 2.80 bits per heavy atom. The zero-order valence-corrected chi connectivity index (χ0v) is 15.4. The number of thiophene rings is 1. The van der Waals surface area contributed by atoms with Gasteiger partial charge in [-0.1, -0.05) is 18.2 Å². The Balaban J connectivity index is 1.63. The first-order chi connectivity index (χ1) is 12.1. The van der Waals surface area contributed by atoms with E-state index in [2.05, 4.69) is 9.82 Å². The van der Waals surface area contributed by atoms with Crippen LogP contribution in [0.3, 0.4) is 0 Å². The summed E-state index contributed by atoms with van der Waals surface area (Å²) in [4.78, 5) is 1.24. The van der Waals surface area contributed by atoms with Gasteiger partial charge in [-0.2, -0.15) is 5.10 Å². The summed E-state index contributed by atoms with van der Waals surface area (Å²) in [6, 6.07) is 12.5. The zero-order valence-electron chi connectivity index (χ0n) is 13.8. The molecule has 0 amide bonds. The van der Waals surface area contributed by atoms with Crippen molar-refractivity contribution in [3.8, 4) is 16.3 Å². The van der Waals surface area contributed by atoms with Crippen LogP contribution in [0.5, 0.6) is 5.75 Å². The van der Waals surface area contributed by atoms with Gasteiger partial charge in [0.05, 0.1) is 18.0 Å². The first-order valence-electron chi connectivity index (χ1n) is 7.89. The minimum Gasteiger partial charge on any atom is -0.492 e. The summed E-state index contributed by atoms with van der Waals surface area (Å²) in [6.07, 6.45) is 1.84. The van der Waals surface area contributed by atoms with E-state index in [-0.39, 0.29) is 11.4 Å². The van der Waals surface area contributed by atoms with Gasteiger partial charge >= 0.3 is 0 Å². The number of hydrogen-bond acceptors (Lipinski definition) is 5. The maximum atomic E-state index is 12.5. The highest BCUT2D eigenvalue weighted by molar-refractivity contribution is 7.89. The molecule has 0 radical (unpaired) electrons. The van der Waals surface area contributed by atoms with Crippen LogP contribution in [0.4, 0.5) is 0 Å². The standard InChI is InChI=1S/C17H19N3O3S2/c1-2-23-15-6-3-4-8-17(15)25(21,22)18-10-12-20-11-9-14(19-20)16-7-5-13-24-16/h3-9,11,13,18H,2,10,12H2,1H3. The van der Waals surface area contributed by atoms with Gasteiger partial charge in [-0.3, -0.25) is 4.68 Å². The van der Waals surface area contributed by atoms with E-state index >= 15 is 0 Å². The van der Waals surface area contributed by atoms with Crippen LogP contribution in [0.15, 0.2) is 58.9 Å². The smallest absolute Gasteiger partial charge is 0.244 e. The Morgan fingerprint density at radius 1 is 1.20 bits per heavy atom. The molecule has 0 spiro atoms. The van der Waals surface area contributed by atoms with Gasteiger partial charge in [0.2, 0.25) is 10.0 Å². The quantitative estimate of drug-likeness (QED) is 0.655. The Bertz CT molecular complexity index is 918. The van der Waals surface area contributed by atoms with Crippen molar-refractivity contribution >= 4 is 21.4 Å². The molecule has 132 valence electrons. The average Bonchev–Trinajstić information content (AvgIpc) is 3.27. The third-order valence-electron chi connectivity index (χ3n) is 3.49. The van der Waals surface area contributed by atoms with E-state index < -0.39 is 10.0 Å². The summed E-state index contributed by atoms with van der Waals surface area (Å²) in [5.74, 6) is 0.358. The summed E-state index contributed by atoms with van der Waals surface area (Å²) in [6.45, 7) is 2.92. The SMILES string of the molecule is CCOc1ccccc1S(=O)(=O)NCCn1ccc(-c2cccs2)n1. The van der Waals surface area contributed by atoms with Gasteiger partial charge in [-0.25, -0.2) is 13.1 Å². The van der Waals surface area contributed by atoms with Crippen molar-refractivity contribution in [3.63, 3.8) is 0 Å². The van der Waals surface area contributed by atoms with Crippen LogP contribution in [-0.2, 0) is 16.6 Å². The van der Waals surface area contributed by atoms with Gasteiger partial charge in [0.25, 0.3) is 0 Å². The van der Waals surface area contributed by atoms with E-state index in [1.807, 2.05) is 36.7 Å². The lowest BCUT2D eigenvalue weighted by atomic mass is 10.3. The van der Waals surface area contributed by atoms with Crippen LogP contribution < -0.4 is 9.46 Å². The van der Waals surface area contributed by atoms with Gasteiger partial charge in [0.15, 0.2) is 0 Å². The first kappa shape index (κ1) is 17.7. The second-order valence-electron chi connectivity index (χ2n) is 5.22. The van der Waals surface area contributed by atoms with E-state index in [4.69, 9.17) is 4.74 Å². The molecule has 2 heterocycles. The fraction of sp³-hybridized carbons (Fsp3) is 0.235. The summed E-state index contributed by atoms with van der Waals surface area (Å²) in [5.41, 5.74) is 0.888. The molecule has 0 bridgehead atoms. The summed E-state index contributed by atoms with van der Waals surface area (Å²) in [5, 5.41) is 6.46. The van der Waals surface area contributed by atoms with Gasteiger partial charge in [0.1, 0.15) is 16.3 Å². The molecule has 0 atom stereocenters. The van der Waals surface area contributed by atoms with Crippen molar-refractivity contribution in [2.75, 3.05) is 13.2 Å². The first-order valence-corrected chi connectivity index (χ1v) is 10.3. The highest BCUT2D eigenvalue weighted by atomic mass is 32.2. The van der Waals surface area contributed by atoms with E-state index in [9.17, 15) is 8.42 Å². The van der Waals surface area contributed by atoms with E-state index in [1.165, 1.54) is 6.07 Å². The number of nitrogens with zero attached hydrogens (tertiary/aromatic N) is 2. The predicted octanol–water partition coefficient (Wildman–Crippen LogP) is 2.99. The lowest BCUT2D eigenvalue weighted by Crippen LogP contribution is -2.28. The molecule has 1 aromatic carbocycles. The topological polar surface area (TPSA) is 73.2 Å². The monoisotopic (exact) mass is 377 g/mol. The molecular weight excluding hydrogens is 358 g/mol. The highest BCUT2D eigenvalue weighted by Crippen LogP contribution is 2.23. The second kappa shape index (κ2) is 7.81. The van der Waals surface area contributed by atoms with E-state index in [1.54, 1.807) is 34.2 Å². The van der Waals surface area contributed by atoms with Crippen LogP contribution in [0, 0.1) is 0 Å². The van der Waals surface area contributed by atoms with Gasteiger partial charge in [0, 0.05) is 12.7 Å². The number of aromatic nitrogens is 2. The third-order valence-corrected chi connectivity index (χ3v) is 5.88. The zero-order chi connectivity index (χ0) is 17.7. The van der Waals surface area contributed by atoms with Crippen molar-refractivity contribution in [3.05, 3.63) is 54.0 Å². The maximum absolute atomic E-state index is 12.5. The third kappa shape index (κ3) is 4.28. The molecule has 1 N–H and O–H groups in total. The molecule has 6 nitrogen and oxygen atoms in total. The van der Waals surface area contributed by atoms with Crippen LogP contribution >= 0.6 is 11.3 Å². The molecule has 0 unspecified atom stereocenters. The van der Waals surface area contributed by atoms with Gasteiger partial charge in [-0.15, -0.1) is 11.3 Å².